The summed E-state index contributed by atoms with van der Waals surface area (Å²) in [5.41, 5.74) is 1.56. The highest BCUT2D eigenvalue weighted by atomic mass is 35.5. The van der Waals surface area contributed by atoms with Crippen molar-refractivity contribution >= 4 is 41.0 Å². The SMILES string of the molecule is Cc1cccc(NC(=O)OC(C)C(=O)OCCOc2ccc(Cl)cc2Cl)c1. The van der Waals surface area contributed by atoms with Gasteiger partial charge < -0.3 is 14.2 Å². The molecule has 0 saturated carbocycles. The maximum absolute atomic E-state index is 11.9. The van der Waals surface area contributed by atoms with Crippen LogP contribution in [0.2, 0.25) is 10.0 Å². The quantitative estimate of drug-likeness (QED) is 0.519. The molecule has 1 unspecified atom stereocenters. The topological polar surface area (TPSA) is 73.9 Å². The molecule has 0 aromatic heterocycles. The number of nitrogens with one attached hydrogen (secondary N) is 1. The van der Waals surface area contributed by atoms with Crippen LogP contribution in [0.25, 0.3) is 0 Å². The minimum absolute atomic E-state index is 0.0228. The van der Waals surface area contributed by atoms with E-state index in [9.17, 15) is 9.59 Å². The maximum atomic E-state index is 11.9. The van der Waals surface area contributed by atoms with Crippen molar-refractivity contribution in [2.24, 2.45) is 0 Å². The van der Waals surface area contributed by atoms with Crippen LogP contribution in [0.1, 0.15) is 12.5 Å². The van der Waals surface area contributed by atoms with Gasteiger partial charge in [-0.2, -0.15) is 0 Å². The molecule has 0 bridgehead atoms. The summed E-state index contributed by atoms with van der Waals surface area (Å²) in [7, 11) is 0. The number of esters is 1. The van der Waals surface area contributed by atoms with Crippen LogP contribution in [0, 0.1) is 6.92 Å². The Labute approximate surface area is 167 Å². The van der Waals surface area contributed by atoms with Crippen LogP contribution in [-0.2, 0) is 14.3 Å². The Balaban J connectivity index is 1.71. The van der Waals surface area contributed by atoms with E-state index in [0.29, 0.717) is 21.5 Å². The highest BCUT2D eigenvalue weighted by molar-refractivity contribution is 6.35. The summed E-state index contributed by atoms with van der Waals surface area (Å²) in [6.45, 7) is 3.39. The molecule has 8 heteroatoms. The molecule has 144 valence electrons. The molecule has 0 aliphatic rings. The molecule has 1 amide bonds. The number of anilines is 1. The van der Waals surface area contributed by atoms with Gasteiger partial charge in [0.2, 0.25) is 0 Å². The van der Waals surface area contributed by atoms with Gasteiger partial charge in [0.15, 0.2) is 6.10 Å². The fourth-order valence-corrected chi connectivity index (χ4v) is 2.55. The number of aryl methyl sites for hydroxylation is 1. The molecule has 0 aliphatic heterocycles. The third-order valence-electron chi connectivity index (χ3n) is 3.36. The lowest BCUT2D eigenvalue weighted by molar-refractivity contribution is -0.153. The lowest BCUT2D eigenvalue weighted by Gasteiger charge is -2.14. The van der Waals surface area contributed by atoms with E-state index in [1.807, 2.05) is 13.0 Å². The minimum atomic E-state index is -1.06. The van der Waals surface area contributed by atoms with Crippen LogP contribution in [0.15, 0.2) is 42.5 Å². The minimum Gasteiger partial charge on any atom is -0.488 e. The second-order valence-corrected chi connectivity index (χ2v) is 6.48. The van der Waals surface area contributed by atoms with E-state index in [-0.39, 0.29) is 13.2 Å². The van der Waals surface area contributed by atoms with Gasteiger partial charge in [0.1, 0.15) is 19.0 Å². The first-order chi connectivity index (χ1) is 12.8. The number of carbonyl (C=O) groups is 2. The predicted octanol–water partition coefficient (Wildman–Crippen LogP) is 4.86. The molecular formula is C19H19Cl2NO5. The summed E-state index contributed by atoms with van der Waals surface area (Å²) in [5.74, 6) is -0.251. The third kappa shape index (κ3) is 7.00. The van der Waals surface area contributed by atoms with Crippen molar-refractivity contribution in [1.82, 2.24) is 0 Å². The number of ether oxygens (including phenoxy) is 3. The Hall–Kier alpha value is -2.44. The average Bonchev–Trinajstić information content (AvgIpc) is 2.59. The van der Waals surface area contributed by atoms with E-state index in [1.165, 1.54) is 6.92 Å². The normalized spacial score (nSPS) is 11.4. The van der Waals surface area contributed by atoms with E-state index in [0.717, 1.165) is 5.56 Å². The molecule has 6 nitrogen and oxygen atoms in total. The van der Waals surface area contributed by atoms with E-state index in [4.69, 9.17) is 37.4 Å². The summed E-state index contributed by atoms with van der Waals surface area (Å²) in [5, 5.41) is 3.40. The molecule has 1 atom stereocenters. The highest BCUT2D eigenvalue weighted by Gasteiger charge is 2.19. The Kier molecular flexibility index (Phi) is 7.76. The van der Waals surface area contributed by atoms with E-state index in [2.05, 4.69) is 5.32 Å². The number of benzene rings is 2. The first-order valence-electron chi connectivity index (χ1n) is 8.14. The number of rotatable bonds is 7. The van der Waals surface area contributed by atoms with Gasteiger partial charge in [-0.1, -0.05) is 35.3 Å². The number of halogens is 2. The molecule has 0 aliphatic carbocycles. The van der Waals surface area contributed by atoms with Gasteiger partial charge in [-0.15, -0.1) is 0 Å². The fourth-order valence-electron chi connectivity index (χ4n) is 2.08. The van der Waals surface area contributed by atoms with Crippen LogP contribution in [0.5, 0.6) is 5.75 Å². The Morgan fingerprint density at radius 2 is 1.89 bits per heavy atom. The smallest absolute Gasteiger partial charge is 0.412 e. The molecule has 1 N–H and O–H groups in total. The van der Waals surface area contributed by atoms with Crippen LogP contribution < -0.4 is 10.1 Å². The first-order valence-corrected chi connectivity index (χ1v) is 8.89. The molecule has 0 saturated heterocycles. The third-order valence-corrected chi connectivity index (χ3v) is 3.89. The Morgan fingerprint density at radius 3 is 2.59 bits per heavy atom. The van der Waals surface area contributed by atoms with Crippen molar-refractivity contribution in [3.8, 4) is 5.75 Å². The number of hydrogen-bond acceptors (Lipinski definition) is 5. The van der Waals surface area contributed by atoms with Gasteiger partial charge >= 0.3 is 12.1 Å². The average molecular weight is 412 g/mol. The number of carbonyl (C=O) groups excluding carboxylic acids is 2. The van der Waals surface area contributed by atoms with Gasteiger partial charge in [-0.05, 0) is 49.7 Å². The zero-order valence-corrected chi connectivity index (χ0v) is 16.3. The van der Waals surface area contributed by atoms with Gasteiger partial charge in [0.05, 0.1) is 5.02 Å². The van der Waals surface area contributed by atoms with Crippen molar-refractivity contribution < 1.29 is 23.8 Å². The first kappa shape index (κ1) is 20.9. The Morgan fingerprint density at radius 1 is 1.11 bits per heavy atom. The highest BCUT2D eigenvalue weighted by Crippen LogP contribution is 2.27. The van der Waals surface area contributed by atoms with Crippen molar-refractivity contribution in [3.63, 3.8) is 0 Å². The van der Waals surface area contributed by atoms with Crippen LogP contribution in [0.4, 0.5) is 10.5 Å². The summed E-state index contributed by atoms with van der Waals surface area (Å²) in [4.78, 5) is 23.7. The van der Waals surface area contributed by atoms with Crippen molar-refractivity contribution in [1.29, 1.82) is 0 Å². The lowest BCUT2D eigenvalue weighted by Crippen LogP contribution is -2.29. The fraction of sp³-hybridized carbons (Fsp3) is 0.263. The molecule has 0 heterocycles. The van der Waals surface area contributed by atoms with E-state index >= 15 is 0 Å². The molecule has 2 rings (SSSR count). The molecule has 0 radical (unpaired) electrons. The monoisotopic (exact) mass is 411 g/mol. The maximum Gasteiger partial charge on any atom is 0.412 e. The van der Waals surface area contributed by atoms with Gasteiger partial charge in [-0.3, -0.25) is 5.32 Å². The van der Waals surface area contributed by atoms with Crippen LogP contribution >= 0.6 is 23.2 Å². The second-order valence-electron chi connectivity index (χ2n) is 5.63. The van der Waals surface area contributed by atoms with Gasteiger partial charge in [0, 0.05) is 10.7 Å². The van der Waals surface area contributed by atoms with Crippen LogP contribution in [0.3, 0.4) is 0 Å². The van der Waals surface area contributed by atoms with Crippen molar-refractivity contribution in [3.05, 3.63) is 58.1 Å². The molecule has 2 aromatic carbocycles. The number of amides is 1. The molecule has 27 heavy (non-hydrogen) atoms. The molecular weight excluding hydrogens is 393 g/mol. The zero-order chi connectivity index (χ0) is 19.8. The predicted molar refractivity (Wildman–Crippen MR) is 104 cm³/mol. The van der Waals surface area contributed by atoms with Gasteiger partial charge in [0.25, 0.3) is 0 Å². The summed E-state index contributed by atoms with van der Waals surface area (Å²) >= 11 is 11.8. The van der Waals surface area contributed by atoms with E-state index < -0.39 is 18.2 Å². The molecule has 0 spiro atoms. The number of hydrogen-bond donors (Lipinski definition) is 1. The summed E-state index contributed by atoms with van der Waals surface area (Å²) in [6, 6.07) is 12.0. The summed E-state index contributed by atoms with van der Waals surface area (Å²) < 4.78 is 15.4. The summed E-state index contributed by atoms with van der Waals surface area (Å²) in [6.07, 6.45) is -1.80. The second kappa shape index (κ2) is 10.0. The Bertz CT molecular complexity index is 812. The standard InChI is InChI=1S/C19H19Cl2NO5/c1-12-4-3-5-15(10-12)22-19(24)27-13(2)18(23)26-9-8-25-17-7-6-14(20)11-16(17)21/h3-7,10-11,13H,8-9H2,1-2H3,(H,22,24). The molecule has 0 fully saturated rings. The van der Waals surface area contributed by atoms with Crippen molar-refractivity contribution in [2.75, 3.05) is 18.5 Å². The van der Waals surface area contributed by atoms with Crippen LogP contribution in [-0.4, -0.2) is 31.4 Å². The lowest BCUT2D eigenvalue weighted by atomic mass is 10.2. The van der Waals surface area contributed by atoms with E-state index in [1.54, 1.807) is 36.4 Å². The zero-order valence-electron chi connectivity index (χ0n) is 14.8. The van der Waals surface area contributed by atoms with Gasteiger partial charge in [-0.25, -0.2) is 9.59 Å². The van der Waals surface area contributed by atoms with Crippen molar-refractivity contribution in [2.45, 2.75) is 20.0 Å². The molecule has 2 aromatic rings. The largest absolute Gasteiger partial charge is 0.488 e.